The number of aryl methyl sites for hydroxylation is 2. The second-order valence-corrected chi connectivity index (χ2v) is 5.37. The first-order valence-corrected chi connectivity index (χ1v) is 6.47. The van der Waals surface area contributed by atoms with Crippen LogP contribution >= 0.6 is 11.3 Å². The Morgan fingerprint density at radius 2 is 2.06 bits per heavy atom. The van der Waals surface area contributed by atoms with Crippen molar-refractivity contribution >= 4 is 16.9 Å². The average Bonchev–Trinajstić information content (AvgIpc) is 2.60. The molecule has 0 atom stereocenters. The molecular weight excluding hydrogens is 212 g/mol. The minimum Gasteiger partial charge on any atom is -0.140 e. The summed E-state index contributed by atoms with van der Waals surface area (Å²) in [5.41, 5.74) is 3.97. The van der Waals surface area contributed by atoms with Gasteiger partial charge in [-0.3, -0.25) is 0 Å². The maximum Gasteiger partial charge on any atom is 0.0348 e. The van der Waals surface area contributed by atoms with E-state index in [1.54, 1.807) is 0 Å². The van der Waals surface area contributed by atoms with Gasteiger partial charge in [0, 0.05) is 9.75 Å². The molecule has 0 unspecified atom stereocenters. The summed E-state index contributed by atoms with van der Waals surface area (Å²) in [5.74, 6) is 0. The summed E-state index contributed by atoms with van der Waals surface area (Å²) in [7, 11) is 0. The van der Waals surface area contributed by atoms with E-state index in [-0.39, 0.29) is 0 Å². The highest BCUT2D eigenvalue weighted by Gasteiger charge is 2.05. The Bertz CT molecular complexity index is 426. The Morgan fingerprint density at radius 1 is 1.38 bits per heavy atom. The maximum atomic E-state index is 3.89. The molecule has 0 aliphatic rings. The van der Waals surface area contributed by atoms with Gasteiger partial charge in [0.1, 0.15) is 0 Å². The molecule has 0 saturated heterocycles. The summed E-state index contributed by atoms with van der Waals surface area (Å²) in [4.78, 5) is 2.74. The standard InChI is InChI=1S/C15H20S/c1-6-13(9-8-11(3)4)15-10-14(7-2)12(5)16-15/h6,8-10H,1,7H2,2-5H3/b13-9+. The Hall–Kier alpha value is -1.08. The van der Waals surface area contributed by atoms with Gasteiger partial charge in [0.05, 0.1) is 0 Å². The van der Waals surface area contributed by atoms with Gasteiger partial charge in [-0.1, -0.05) is 37.3 Å². The summed E-state index contributed by atoms with van der Waals surface area (Å²) < 4.78 is 0. The van der Waals surface area contributed by atoms with Crippen LogP contribution in [0.5, 0.6) is 0 Å². The van der Waals surface area contributed by atoms with Crippen LogP contribution in [0, 0.1) is 6.92 Å². The zero-order valence-corrected chi connectivity index (χ0v) is 11.4. The van der Waals surface area contributed by atoms with Crippen molar-refractivity contribution in [3.8, 4) is 0 Å². The molecule has 1 rings (SSSR count). The summed E-state index contributed by atoms with van der Waals surface area (Å²) in [6.07, 6.45) is 7.32. The molecule has 0 aromatic carbocycles. The molecule has 86 valence electrons. The van der Waals surface area contributed by atoms with E-state index in [1.807, 2.05) is 17.4 Å². The van der Waals surface area contributed by atoms with Crippen LogP contribution < -0.4 is 0 Å². The third kappa shape index (κ3) is 3.21. The average molecular weight is 232 g/mol. The smallest absolute Gasteiger partial charge is 0.0348 e. The van der Waals surface area contributed by atoms with E-state index >= 15 is 0 Å². The van der Waals surface area contributed by atoms with Gasteiger partial charge in [0.2, 0.25) is 0 Å². The van der Waals surface area contributed by atoms with Crippen LogP contribution in [0.4, 0.5) is 0 Å². The first-order chi connectivity index (χ1) is 7.58. The second-order valence-electron chi connectivity index (χ2n) is 4.12. The fraction of sp³-hybridized carbons (Fsp3) is 0.333. The molecular formula is C15H20S. The fourth-order valence-corrected chi connectivity index (χ4v) is 2.65. The molecule has 1 heterocycles. The number of thiophene rings is 1. The SMILES string of the molecule is C=C/C(=C\C=C(C)C)c1cc(CC)c(C)s1. The number of hydrogen-bond acceptors (Lipinski definition) is 1. The summed E-state index contributed by atoms with van der Waals surface area (Å²) in [6.45, 7) is 12.5. The molecule has 0 bridgehead atoms. The molecule has 0 aliphatic carbocycles. The van der Waals surface area contributed by atoms with Crippen LogP contribution in [0.15, 0.2) is 36.4 Å². The molecule has 1 aromatic rings. The molecule has 0 saturated carbocycles. The molecule has 0 amide bonds. The van der Waals surface area contributed by atoms with Gasteiger partial charge < -0.3 is 0 Å². The lowest BCUT2D eigenvalue weighted by Crippen LogP contribution is -1.76. The monoisotopic (exact) mass is 232 g/mol. The molecule has 16 heavy (non-hydrogen) atoms. The minimum atomic E-state index is 1.11. The largest absolute Gasteiger partial charge is 0.140 e. The van der Waals surface area contributed by atoms with Crippen LogP contribution in [0.2, 0.25) is 0 Å². The summed E-state index contributed by atoms with van der Waals surface area (Å²) in [5, 5.41) is 0. The molecule has 0 N–H and O–H groups in total. The number of rotatable bonds is 4. The lowest BCUT2D eigenvalue weighted by atomic mass is 10.1. The van der Waals surface area contributed by atoms with Gasteiger partial charge >= 0.3 is 0 Å². The molecule has 0 spiro atoms. The molecule has 0 fully saturated rings. The minimum absolute atomic E-state index is 1.11. The molecule has 1 heteroatoms. The molecule has 0 aliphatic heterocycles. The number of allylic oxidation sites excluding steroid dienone is 5. The maximum absolute atomic E-state index is 3.89. The van der Waals surface area contributed by atoms with Gasteiger partial charge in [-0.15, -0.1) is 11.3 Å². The van der Waals surface area contributed by atoms with Crippen molar-refractivity contribution < 1.29 is 0 Å². The molecule has 0 radical (unpaired) electrons. The summed E-state index contributed by atoms with van der Waals surface area (Å²) >= 11 is 1.85. The van der Waals surface area contributed by atoms with Crippen molar-refractivity contribution in [2.45, 2.75) is 34.1 Å². The van der Waals surface area contributed by atoms with Crippen LogP contribution in [-0.4, -0.2) is 0 Å². The fourth-order valence-electron chi connectivity index (χ4n) is 1.52. The number of hydrogen-bond donors (Lipinski definition) is 0. The normalized spacial score (nSPS) is 11.4. The van der Waals surface area contributed by atoms with Gasteiger partial charge in [-0.05, 0) is 44.4 Å². The van der Waals surface area contributed by atoms with Crippen LogP contribution in [-0.2, 0) is 6.42 Å². The van der Waals surface area contributed by atoms with Gasteiger partial charge in [-0.2, -0.15) is 0 Å². The van der Waals surface area contributed by atoms with Gasteiger partial charge in [-0.25, -0.2) is 0 Å². The third-order valence-corrected chi connectivity index (χ3v) is 3.64. The van der Waals surface area contributed by atoms with Crippen molar-refractivity contribution in [2.24, 2.45) is 0 Å². The predicted octanol–water partition coefficient (Wildman–Crippen LogP) is 5.15. The lowest BCUT2D eigenvalue weighted by Gasteiger charge is -1.95. The van der Waals surface area contributed by atoms with E-state index in [0.29, 0.717) is 0 Å². The van der Waals surface area contributed by atoms with E-state index in [2.05, 4.69) is 52.5 Å². The Labute approximate surface area is 103 Å². The van der Waals surface area contributed by atoms with Crippen molar-refractivity contribution in [3.63, 3.8) is 0 Å². The first-order valence-electron chi connectivity index (χ1n) is 5.65. The zero-order chi connectivity index (χ0) is 12.1. The van der Waals surface area contributed by atoms with E-state index in [4.69, 9.17) is 0 Å². The van der Waals surface area contributed by atoms with Crippen molar-refractivity contribution in [2.75, 3.05) is 0 Å². The lowest BCUT2D eigenvalue weighted by molar-refractivity contribution is 1.13. The Balaban J connectivity index is 3.09. The highest BCUT2D eigenvalue weighted by Crippen LogP contribution is 2.28. The van der Waals surface area contributed by atoms with Crippen molar-refractivity contribution in [3.05, 3.63) is 51.8 Å². The van der Waals surface area contributed by atoms with Crippen LogP contribution in [0.25, 0.3) is 5.57 Å². The predicted molar refractivity (Wildman–Crippen MR) is 76.0 cm³/mol. The quantitative estimate of drug-likeness (QED) is 0.629. The molecule has 1 aromatic heterocycles. The van der Waals surface area contributed by atoms with E-state index < -0.39 is 0 Å². The highest BCUT2D eigenvalue weighted by atomic mass is 32.1. The van der Waals surface area contributed by atoms with Crippen LogP contribution in [0.3, 0.4) is 0 Å². The van der Waals surface area contributed by atoms with Gasteiger partial charge in [0.15, 0.2) is 0 Å². The van der Waals surface area contributed by atoms with Crippen molar-refractivity contribution in [1.82, 2.24) is 0 Å². The van der Waals surface area contributed by atoms with Crippen molar-refractivity contribution in [1.29, 1.82) is 0 Å². The topological polar surface area (TPSA) is 0 Å². The zero-order valence-electron chi connectivity index (χ0n) is 10.6. The summed E-state index contributed by atoms with van der Waals surface area (Å²) in [6, 6.07) is 2.28. The highest BCUT2D eigenvalue weighted by molar-refractivity contribution is 7.13. The Kier molecular flexibility index (Phi) is 4.75. The van der Waals surface area contributed by atoms with E-state index in [1.165, 1.54) is 26.5 Å². The second kappa shape index (κ2) is 5.86. The van der Waals surface area contributed by atoms with E-state index in [0.717, 1.165) is 6.42 Å². The van der Waals surface area contributed by atoms with Crippen LogP contribution in [0.1, 0.15) is 36.1 Å². The molecule has 0 nitrogen and oxygen atoms in total. The van der Waals surface area contributed by atoms with E-state index in [9.17, 15) is 0 Å². The third-order valence-electron chi connectivity index (χ3n) is 2.50. The van der Waals surface area contributed by atoms with Gasteiger partial charge in [0.25, 0.3) is 0 Å². The first kappa shape index (κ1) is 13.0. The Morgan fingerprint density at radius 3 is 2.50 bits per heavy atom.